The van der Waals surface area contributed by atoms with Crippen LogP contribution < -0.4 is 4.72 Å². The summed E-state index contributed by atoms with van der Waals surface area (Å²) in [5, 5.41) is 0.748. The van der Waals surface area contributed by atoms with E-state index in [-0.39, 0.29) is 4.21 Å². The minimum Gasteiger partial charge on any atom is -0.249 e. The number of aromatic nitrogens is 1. The van der Waals surface area contributed by atoms with Gasteiger partial charge >= 0.3 is 0 Å². The molecule has 0 amide bonds. The molecule has 19 heavy (non-hydrogen) atoms. The van der Waals surface area contributed by atoms with E-state index < -0.39 is 15.6 Å². The summed E-state index contributed by atoms with van der Waals surface area (Å²) in [6, 6.07) is 0. The number of rotatable bonds is 4. The first-order chi connectivity index (χ1) is 8.87. The Morgan fingerprint density at radius 1 is 1.53 bits per heavy atom. The van der Waals surface area contributed by atoms with Crippen molar-refractivity contribution in [2.24, 2.45) is 5.92 Å². The first-order valence-electron chi connectivity index (χ1n) is 6.39. The molecule has 0 spiro atoms. The summed E-state index contributed by atoms with van der Waals surface area (Å²) < 4.78 is 27.8. The van der Waals surface area contributed by atoms with Gasteiger partial charge in [0.2, 0.25) is 0 Å². The normalized spacial score (nSPS) is 28.5. The van der Waals surface area contributed by atoms with Crippen LogP contribution in [0.2, 0.25) is 0 Å². The molecule has 108 valence electrons. The molecular weight excluding hydrogens is 304 g/mol. The summed E-state index contributed by atoms with van der Waals surface area (Å²) in [5.74, 6) is 0.961. The lowest BCUT2D eigenvalue weighted by molar-refractivity contribution is 0.247. The summed E-state index contributed by atoms with van der Waals surface area (Å²) in [4.78, 5) is 4.00. The van der Waals surface area contributed by atoms with Crippen LogP contribution in [0.25, 0.3) is 0 Å². The quantitative estimate of drug-likeness (QED) is 0.867. The molecule has 0 atom stereocenters. The second-order valence-electron chi connectivity index (χ2n) is 5.40. The van der Waals surface area contributed by atoms with Crippen molar-refractivity contribution in [1.82, 2.24) is 9.71 Å². The van der Waals surface area contributed by atoms with Crippen molar-refractivity contribution in [2.75, 3.05) is 5.88 Å². The Labute approximate surface area is 123 Å². The SMILES string of the molecule is Cc1ncc(S(=O)(=O)NC2(CCl)CCC(C)CC2)s1. The molecule has 1 fully saturated rings. The first kappa shape index (κ1) is 15.2. The van der Waals surface area contributed by atoms with Gasteiger partial charge in [-0.2, -0.15) is 0 Å². The van der Waals surface area contributed by atoms with Crippen LogP contribution in [0, 0.1) is 12.8 Å². The Morgan fingerprint density at radius 2 is 2.16 bits per heavy atom. The summed E-state index contributed by atoms with van der Waals surface area (Å²) >= 11 is 7.23. The maximum atomic E-state index is 12.4. The van der Waals surface area contributed by atoms with Crippen molar-refractivity contribution >= 4 is 33.0 Å². The number of hydrogen-bond acceptors (Lipinski definition) is 4. The van der Waals surface area contributed by atoms with Crippen molar-refractivity contribution in [3.8, 4) is 0 Å². The second kappa shape index (κ2) is 5.68. The van der Waals surface area contributed by atoms with E-state index in [1.165, 1.54) is 17.5 Å². The minimum atomic E-state index is -3.51. The van der Waals surface area contributed by atoms with Gasteiger partial charge in [-0.05, 0) is 38.5 Å². The fourth-order valence-electron chi connectivity index (χ4n) is 2.38. The van der Waals surface area contributed by atoms with Crippen molar-refractivity contribution in [2.45, 2.75) is 49.3 Å². The van der Waals surface area contributed by atoms with Crippen LogP contribution in [0.1, 0.15) is 37.6 Å². The highest BCUT2D eigenvalue weighted by Gasteiger charge is 2.37. The summed E-state index contributed by atoms with van der Waals surface area (Å²) in [6.07, 6.45) is 5.03. The second-order valence-corrected chi connectivity index (χ2v) is 8.81. The van der Waals surface area contributed by atoms with E-state index in [9.17, 15) is 8.42 Å². The molecule has 1 aromatic heterocycles. The molecule has 0 aromatic carbocycles. The van der Waals surface area contributed by atoms with E-state index in [0.717, 1.165) is 30.7 Å². The van der Waals surface area contributed by atoms with Crippen molar-refractivity contribution in [3.05, 3.63) is 11.2 Å². The van der Waals surface area contributed by atoms with E-state index in [2.05, 4.69) is 16.6 Å². The van der Waals surface area contributed by atoms with Gasteiger partial charge in [-0.1, -0.05) is 6.92 Å². The van der Waals surface area contributed by atoms with E-state index in [0.29, 0.717) is 11.8 Å². The fraction of sp³-hybridized carbons (Fsp3) is 0.750. The highest BCUT2D eigenvalue weighted by atomic mass is 35.5. The van der Waals surface area contributed by atoms with Gasteiger partial charge < -0.3 is 0 Å². The maximum absolute atomic E-state index is 12.4. The molecule has 1 saturated carbocycles. The largest absolute Gasteiger partial charge is 0.252 e. The first-order valence-corrected chi connectivity index (χ1v) is 9.23. The van der Waals surface area contributed by atoms with Crippen molar-refractivity contribution in [3.63, 3.8) is 0 Å². The molecule has 1 heterocycles. The maximum Gasteiger partial charge on any atom is 0.252 e. The lowest BCUT2D eigenvalue weighted by Crippen LogP contribution is -2.51. The molecule has 1 aromatic rings. The Kier molecular flexibility index (Phi) is 4.55. The number of halogens is 1. The molecule has 7 heteroatoms. The van der Waals surface area contributed by atoms with Crippen LogP contribution >= 0.6 is 22.9 Å². The summed E-state index contributed by atoms with van der Waals surface area (Å²) in [7, 11) is -3.51. The Morgan fingerprint density at radius 3 is 2.63 bits per heavy atom. The monoisotopic (exact) mass is 322 g/mol. The van der Waals surface area contributed by atoms with Gasteiger partial charge in [0.05, 0.1) is 11.2 Å². The van der Waals surface area contributed by atoms with Gasteiger partial charge in [-0.15, -0.1) is 22.9 Å². The van der Waals surface area contributed by atoms with Gasteiger partial charge in [-0.25, -0.2) is 18.1 Å². The number of alkyl halides is 1. The molecule has 1 aliphatic carbocycles. The molecule has 0 bridgehead atoms. The average Bonchev–Trinajstić information content (AvgIpc) is 2.80. The number of aryl methyl sites for hydroxylation is 1. The number of hydrogen-bond donors (Lipinski definition) is 1. The molecule has 1 aliphatic rings. The van der Waals surface area contributed by atoms with E-state index in [4.69, 9.17) is 11.6 Å². The Bertz CT molecular complexity index is 534. The fourth-order valence-corrected chi connectivity index (χ4v) is 5.36. The predicted molar refractivity (Wildman–Crippen MR) is 78.3 cm³/mol. The van der Waals surface area contributed by atoms with Crippen LogP contribution in [0.5, 0.6) is 0 Å². The van der Waals surface area contributed by atoms with Crippen LogP contribution in [0.4, 0.5) is 0 Å². The molecule has 1 N–H and O–H groups in total. The lowest BCUT2D eigenvalue weighted by atomic mass is 9.79. The molecule has 0 unspecified atom stereocenters. The third-order valence-corrected chi connectivity index (χ3v) is 7.17. The highest BCUT2D eigenvalue weighted by molar-refractivity contribution is 7.91. The average molecular weight is 323 g/mol. The molecule has 2 rings (SSSR count). The Hall–Kier alpha value is -0.170. The molecule has 0 saturated heterocycles. The number of nitrogens with zero attached hydrogens (tertiary/aromatic N) is 1. The molecular formula is C12H19ClN2O2S2. The molecule has 4 nitrogen and oxygen atoms in total. The van der Waals surface area contributed by atoms with Crippen molar-refractivity contribution in [1.29, 1.82) is 0 Å². The van der Waals surface area contributed by atoms with Gasteiger partial charge in [0.15, 0.2) is 4.21 Å². The lowest BCUT2D eigenvalue weighted by Gasteiger charge is -2.38. The third-order valence-electron chi connectivity index (χ3n) is 3.70. The van der Waals surface area contributed by atoms with Gasteiger partial charge in [0.1, 0.15) is 0 Å². The van der Waals surface area contributed by atoms with Gasteiger partial charge in [-0.3, -0.25) is 0 Å². The van der Waals surface area contributed by atoms with Crippen LogP contribution in [-0.2, 0) is 10.0 Å². The van der Waals surface area contributed by atoms with Crippen LogP contribution in [-0.4, -0.2) is 24.8 Å². The number of sulfonamides is 1. The van der Waals surface area contributed by atoms with Crippen LogP contribution in [0.3, 0.4) is 0 Å². The topological polar surface area (TPSA) is 59.1 Å². The minimum absolute atomic E-state index is 0.271. The molecule has 0 radical (unpaired) electrons. The predicted octanol–water partition coefficient (Wildman–Crippen LogP) is 2.92. The van der Waals surface area contributed by atoms with E-state index >= 15 is 0 Å². The Balaban J connectivity index is 2.18. The van der Waals surface area contributed by atoms with Gasteiger partial charge in [0, 0.05) is 11.4 Å². The zero-order valence-corrected chi connectivity index (χ0v) is 13.5. The summed E-state index contributed by atoms with van der Waals surface area (Å²) in [5.41, 5.74) is -0.495. The number of thiazole rings is 1. The smallest absolute Gasteiger partial charge is 0.249 e. The standard InChI is InChI=1S/C12H19ClN2O2S2/c1-9-3-5-12(8-13,6-4-9)15-19(16,17)11-7-14-10(2)18-11/h7,9,15H,3-6,8H2,1-2H3. The molecule has 0 aliphatic heterocycles. The summed E-state index contributed by atoms with van der Waals surface area (Å²) in [6.45, 7) is 3.99. The zero-order valence-electron chi connectivity index (χ0n) is 11.1. The van der Waals surface area contributed by atoms with Crippen LogP contribution in [0.15, 0.2) is 10.4 Å². The van der Waals surface area contributed by atoms with Gasteiger partial charge in [0.25, 0.3) is 10.0 Å². The number of nitrogens with one attached hydrogen (secondary N) is 1. The van der Waals surface area contributed by atoms with E-state index in [1.54, 1.807) is 6.92 Å². The van der Waals surface area contributed by atoms with Crippen molar-refractivity contribution < 1.29 is 8.42 Å². The third kappa shape index (κ3) is 3.48. The highest BCUT2D eigenvalue weighted by Crippen LogP contribution is 2.34. The zero-order chi connectivity index (χ0) is 14.1. The van der Waals surface area contributed by atoms with E-state index in [1.807, 2.05) is 0 Å².